The Morgan fingerprint density at radius 3 is 2.70 bits per heavy atom. The van der Waals surface area contributed by atoms with E-state index in [1.54, 1.807) is 19.1 Å². The molecule has 0 bridgehead atoms. The third kappa shape index (κ3) is 2.99. The van der Waals surface area contributed by atoms with Crippen LogP contribution in [-0.4, -0.2) is 40.9 Å². The zero-order valence-corrected chi connectivity index (χ0v) is 13.3. The Morgan fingerprint density at radius 2 is 2.05 bits per heavy atom. The number of nitrogens with one attached hydrogen (secondary N) is 1. The van der Waals surface area contributed by atoms with Gasteiger partial charge in [-0.05, 0) is 31.0 Å². The Labute approximate surface area is 122 Å². The average Bonchev–Trinajstić information content (AvgIpc) is 2.81. The van der Waals surface area contributed by atoms with E-state index in [9.17, 15) is 8.42 Å². The van der Waals surface area contributed by atoms with E-state index >= 15 is 0 Å². The molecule has 0 aromatic heterocycles. The van der Waals surface area contributed by atoms with Crippen LogP contribution in [0.25, 0.3) is 0 Å². The molecule has 0 saturated carbocycles. The molecule has 1 fully saturated rings. The number of hydrogen-bond acceptors (Lipinski definition) is 4. The van der Waals surface area contributed by atoms with Crippen LogP contribution < -0.4 is 10.2 Å². The third-order valence-electron chi connectivity index (χ3n) is 4.08. The van der Waals surface area contributed by atoms with Gasteiger partial charge < -0.3 is 10.2 Å². The number of benzene rings is 1. The van der Waals surface area contributed by atoms with Crippen LogP contribution in [0.1, 0.15) is 20.3 Å². The van der Waals surface area contributed by atoms with Gasteiger partial charge in [-0.1, -0.05) is 26.0 Å². The molecule has 1 aliphatic heterocycles. The molecule has 0 radical (unpaired) electrons. The Kier molecular flexibility index (Phi) is 4.39. The van der Waals surface area contributed by atoms with Crippen molar-refractivity contribution in [1.29, 1.82) is 0 Å². The van der Waals surface area contributed by atoms with E-state index < -0.39 is 9.84 Å². The summed E-state index contributed by atoms with van der Waals surface area (Å²) in [5.74, 6) is 0.144. The topological polar surface area (TPSA) is 49.4 Å². The molecule has 1 aromatic rings. The molecular weight excluding hydrogens is 272 g/mol. The monoisotopic (exact) mass is 296 g/mol. The van der Waals surface area contributed by atoms with Gasteiger partial charge >= 0.3 is 0 Å². The van der Waals surface area contributed by atoms with E-state index in [0.29, 0.717) is 4.90 Å². The standard InChI is InChI=1S/C15H24N2O2S/c1-4-20(18,19)14-8-6-5-7-13(14)17-10-9-15(2,12-17)11-16-3/h5-8,16H,4,9-12H2,1-3H3. The van der Waals surface area contributed by atoms with Gasteiger partial charge in [0.2, 0.25) is 0 Å². The van der Waals surface area contributed by atoms with Gasteiger partial charge in [0.1, 0.15) is 0 Å². The van der Waals surface area contributed by atoms with E-state index in [1.807, 2.05) is 19.2 Å². The van der Waals surface area contributed by atoms with E-state index in [2.05, 4.69) is 17.1 Å². The molecule has 1 heterocycles. The first-order chi connectivity index (χ1) is 9.42. The molecule has 112 valence electrons. The van der Waals surface area contributed by atoms with Crippen molar-refractivity contribution >= 4 is 15.5 Å². The highest BCUT2D eigenvalue weighted by Crippen LogP contribution is 2.35. The first-order valence-electron chi connectivity index (χ1n) is 7.13. The molecule has 5 heteroatoms. The lowest BCUT2D eigenvalue weighted by Crippen LogP contribution is -2.33. The van der Waals surface area contributed by atoms with Crippen molar-refractivity contribution in [2.45, 2.75) is 25.2 Å². The summed E-state index contributed by atoms with van der Waals surface area (Å²) in [4.78, 5) is 2.68. The maximum atomic E-state index is 12.2. The predicted molar refractivity (Wildman–Crippen MR) is 83.0 cm³/mol. The van der Waals surface area contributed by atoms with Gasteiger partial charge in [-0.25, -0.2) is 8.42 Å². The lowest BCUT2D eigenvalue weighted by atomic mass is 9.90. The molecule has 0 amide bonds. The lowest BCUT2D eigenvalue weighted by molar-refractivity contribution is 0.356. The first kappa shape index (κ1) is 15.3. The average molecular weight is 296 g/mol. The van der Waals surface area contributed by atoms with Gasteiger partial charge in [0, 0.05) is 19.6 Å². The van der Waals surface area contributed by atoms with Crippen molar-refractivity contribution < 1.29 is 8.42 Å². The van der Waals surface area contributed by atoms with Crippen LogP contribution in [-0.2, 0) is 9.84 Å². The minimum atomic E-state index is -3.17. The second-order valence-corrected chi connectivity index (χ2v) is 8.13. The van der Waals surface area contributed by atoms with Gasteiger partial charge in [-0.15, -0.1) is 0 Å². The molecule has 2 rings (SSSR count). The number of rotatable bonds is 5. The maximum absolute atomic E-state index is 12.2. The molecule has 1 N–H and O–H groups in total. The highest BCUT2D eigenvalue weighted by molar-refractivity contribution is 7.91. The quantitative estimate of drug-likeness (QED) is 0.902. The van der Waals surface area contributed by atoms with Gasteiger partial charge in [0.15, 0.2) is 9.84 Å². The Morgan fingerprint density at radius 1 is 1.35 bits per heavy atom. The molecule has 0 aliphatic carbocycles. The Bertz CT molecular complexity index is 571. The minimum Gasteiger partial charge on any atom is -0.370 e. The number of para-hydroxylation sites is 1. The van der Waals surface area contributed by atoms with Crippen molar-refractivity contribution in [1.82, 2.24) is 5.32 Å². The summed E-state index contributed by atoms with van der Waals surface area (Å²) in [6.07, 6.45) is 1.08. The van der Waals surface area contributed by atoms with Gasteiger partial charge in [0.05, 0.1) is 16.3 Å². The summed E-state index contributed by atoms with van der Waals surface area (Å²) in [6.45, 7) is 6.70. The van der Waals surface area contributed by atoms with Crippen molar-refractivity contribution in [2.75, 3.05) is 37.3 Å². The maximum Gasteiger partial charge on any atom is 0.180 e. The lowest BCUT2D eigenvalue weighted by Gasteiger charge is -2.26. The molecule has 1 unspecified atom stereocenters. The summed E-state index contributed by atoms with van der Waals surface area (Å²) < 4.78 is 24.5. The predicted octanol–water partition coefficient (Wildman–Crippen LogP) is 1.92. The fourth-order valence-electron chi connectivity index (χ4n) is 2.94. The van der Waals surface area contributed by atoms with Crippen molar-refractivity contribution in [3.63, 3.8) is 0 Å². The summed E-state index contributed by atoms with van der Waals surface area (Å²) in [5.41, 5.74) is 1.06. The SMILES string of the molecule is CCS(=O)(=O)c1ccccc1N1CCC(C)(CNC)C1. The van der Waals surface area contributed by atoms with Crippen molar-refractivity contribution in [2.24, 2.45) is 5.41 Å². The normalized spacial score (nSPS) is 23.2. The van der Waals surface area contributed by atoms with Gasteiger partial charge in [0.25, 0.3) is 0 Å². The van der Waals surface area contributed by atoms with Crippen LogP contribution in [0.5, 0.6) is 0 Å². The summed E-state index contributed by atoms with van der Waals surface area (Å²) >= 11 is 0. The van der Waals surface area contributed by atoms with Gasteiger partial charge in [-0.3, -0.25) is 0 Å². The Balaban J connectivity index is 2.32. The zero-order valence-electron chi connectivity index (χ0n) is 12.5. The fraction of sp³-hybridized carbons (Fsp3) is 0.600. The van der Waals surface area contributed by atoms with E-state index in [4.69, 9.17) is 0 Å². The molecule has 0 spiro atoms. The molecule has 4 nitrogen and oxygen atoms in total. The highest BCUT2D eigenvalue weighted by atomic mass is 32.2. The molecule has 1 saturated heterocycles. The number of anilines is 1. The molecule has 1 aromatic carbocycles. The van der Waals surface area contributed by atoms with Crippen LogP contribution >= 0.6 is 0 Å². The van der Waals surface area contributed by atoms with Crippen LogP contribution in [0, 0.1) is 5.41 Å². The minimum absolute atomic E-state index is 0.144. The molecule has 1 aliphatic rings. The summed E-state index contributed by atoms with van der Waals surface area (Å²) in [7, 11) is -1.21. The zero-order chi connectivity index (χ0) is 14.8. The van der Waals surface area contributed by atoms with Crippen LogP contribution in [0.2, 0.25) is 0 Å². The fourth-order valence-corrected chi connectivity index (χ4v) is 4.05. The van der Waals surface area contributed by atoms with Crippen molar-refractivity contribution in [3.05, 3.63) is 24.3 Å². The Hall–Kier alpha value is -1.07. The highest BCUT2D eigenvalue weighted by Gasteiger charge is 2.34. The smallest absolute Gasteiger partial charge is 0.180 e. The van der Waals surface area contributed by atoms with E-state index in [-0.39, 0.29) is 11.2 Å². The second kappa shape index (κ2) is 5.74. The van der Waals surface area contributed by atoms with Gasteiger partial charge in [-0.2, -0.15) is 0 Å². The van der Waals surface area contributed by atoms with E-state index in [1.165, 1.54) is 0 Å². The van der Waals surface area contributed by atoms with Crippen molar-refractivity contribution in [3.8, 4) is 0 Å². The first-order valence-corrected chi connectivity index (χ1v) is 8.78. The third-order valence-corrected chi connectivity index (χ3v) is 5.86. The number of hydrogen-bond donors (Lipinski definition) is 1. The largest absolute Gasteiger partial charge is 0.370 e. The van der Waals surface area contributed by atoms with E-state index in [0.717, 1.165) is 31.7 Å². The molecule has 1 atom stereocenters. The number of nitrogens with zero attached hydrogens (tertiary/aromatic N) is 1. The van der Waals surface area contributed by atoms with Crippen LogP contribution in [0.3, 0.4) is 0 Å². The van der Waals surface area contributed by atoms with Crippen LogP contribution in [0.4, 0.5) is 5.69 Å². The summed E-state index contributed by atoms with van der Waals surface area (Å²) in [6, 6.07) is 7.36. The number of sulfone groups is 1. The summed E-state index contributed by atoms with van der Waals surface area (Å²) in [5, 5.41) is 3.23. The second-order valence-electron chi connectivity index (χ2n) is 5.88. The van der Waals surface area contributed by atoms with Crippen LogP contribution in [0.15, 0.2) is 29.2 Å². The molecular formula is C15H24N2O2S. The molecule has 20 heavy (non-hydrogen) atoms.